The fourth-order valence-electron chi connectivity index (χ4n) is 1.56. The standard InChI is InChI=1S/C14H20Br2N2O2/c1-9(2)4-5-17-14(19)8-18-12-7-13(20-3)11(16)6-10(12)15/h6-7,9,18H,4-5,8H2,1-3H3,(H,17,19). The maximum Gasteiger partial charge on any atom is 0.239 e. The normalized spacial score (nSPS) is 10.5. The summed E-state index contributed by atoms with van der Waals surface area (Å²) in [5.74, 6) is 1.29. The van der Waals surface area contributed by atoms with E-state index in [-0.39, 0.29) is 12.5 Å². The summed E-state index contributed by atoms with van der Waals surface area (Å²) in [4.78, 5) is 11.7. The summed E-state index contributed by atoms with van der Waals surface area (Å²) in [6.07, 6.45) is 0.988. The van der Waals surface area contributed by atoms with Gasteiger partial charge in [-0.3, -0.25) is 4.79 Å². The maximum absolute atomic E-state index is 11.7. The Morgan fingerprint density at radius 1 is 1.30 bits per heavy atom. The number of benzene rings is 1. The molecule has 0 spiro atoms. The van der Waals surface area contributed by atoms with Crippen molar-refractivity contribution in [2.24, 2.45) is 5.92 Å². The minimum absolute atomic E-state index is 0.0144. The lowest BCUT2D eigenvalue weighted by Gasteiger charge is -2.12. The Kier molecular flexibility index (Phi) is 7.37. The van der Waals surface area contributed by atoms with Crippen LogP contribution in [0.2, 0.25) is 0 Å². The second-order valence-corrected chi connectivity index (χ2v) is 6.56. The Morgan fingerprint density at radius 2 is 2.00 bits per heavy atom. The van der Waals surface area contributed by atoms with Gasteiger partial charge in [0, 0.05) is 17.1 Å². The summed E-state index contributed by atoms with van der Waals surface area (Å²) < 4.78 is 6.97. The first-order valence-corrected chi connectivity index (χ1v) is 8.06. The molecule has 112 valence electrons. The smallest absolute Gasteiger partial charge is 0.239 e. The van der Waals surface area contributed by atoms with Crippen molar-refractivity contribution in [3.63, 3.8) is 0 Å². The molecule has 0 aliphatic rings. The van der Waals surface area contributed by atoms with Crippen molar-refractivity contribution in [3.8, 4) is 5.75 Å². The molecule has 4 nitrogen and oxygen atoms in total. The number of nitrogens with one attached hydrogen (secondary N) is 2. The fourth-order valence-corrected chi connectivity index (χ4v) is 2.86. The van der Waals surface area contributed by atoms with Crippen LogP contribution in [0.1, 0.15) is 20.3 Å². The first-order chi connectivity index (χ1) is 9.43. The Bertz CT molecular complexity index is 465. The molecule has 0 saturated carbocycles. The minimum Gasteiger partial charge on any atom is -0.495 e. The zero-order valence-electron chi connectivity index (χ0n) is 11.9. The summed E-state index contributed by atoms with van der Waals surface area (Å²) in [7, 11) is 1.61. The molecule has 1 aromatic carbocycles. The monoisotopic (exact) mass is 406 g/mol. The molecule has 0 bridgehead atoms. The van der Waals surface area contributed by atoms with Crippen LogP contribution in [-0.2, 0) is 4.79 Å². The van der Waals surface area contributed by atoms with Crippen LogP contribution in [0.15, 0.2) is 21.1 Å². The van der Waals surface area contributed by atoms with E-state index in [0.29, 0.717) is 12.5 Å². The second kappa shape index (κ2) is 8.52. The van der Waals surface area contributed by atoms with Gasteiger partial charge in [-0.05, 0) is 50.3 Å². The molecule has 0 radical (unpaired) electrons. The van der Waals surface area contributed by atoms with E-state index in [1.165, 1.54) is 0 Å². The van der Waals surface area contributed by atoms with Crippen molar-refractivity contribution in [2.75, 3.05) is 25.5 Å². The SMILES string of the molecule is COc1cc(NCC(=O)NCCC(C)C)c(Br)cc1Br. The Morgan fingerprint density at radius 3 is 2.60 bits per heavy atom. The van der Waals surface area contributed by atoms with Crippen molar-refractivity contribution in [2.45, 2.75) is 20.3 Å². The molecule has 0 aliphatic heterocycles. The number of halogens is 2. The average molecular weight is 408 g/mol. The number of rotatable bonds is 7. The van der Waals surface area contributed by atoms with Crippen LogP contribution in [-0.4, -0.2) is 26.1 Å². The van der Waals surface area contributed by atoms with Gasteiger partial charge in [0.1, 0.15) is 5.75 Å². The number of carbonyl (C=O) groups excluding carboxylic acids is 1. The summed E-state index contributed by atoms with van der Waals surface area (Å²) in [5, 5.41) is 5.98. The molecule has 1 aromatic rings. The van der Waals surface area contributed by atoms with Crippen molar-refractivity contribution >= 4 is 43.5 Å². The predicted molar refractivity (Wildman–Crippen MR) is 89.3 cm³/mol. The van der Waals surface area contributed by atoms with Crippen LogP contribution in [0.4, 0.5) is 5.69 Å². The number of carbonyl (C=O) groups is 1. The molecule has 0 atom stereocenters. The number of anilines is 1. The van der Waals surface area contributed by atoms with Gasteiger partial charge >= 0.3 is 0 Å². The number of methoxy groups -OCH3 is 1. The van der Waals surface area contributed by atoms with Crippen molar-refractivity contribution in [3.05, 3.63) is 21.1 Å². The highest BCUT2D eigenvalue weighted by atomic mass is 79.9. The van der Waals surface area contributed by atoms with Gasteiger partial charge in [-0.25, -0.2) is 0 Å². The molecule has 0 saturated heterocycles. The highest BCUT2D eigenvalue weighted by molar-refractivity contribution is 9.11. The summed E-state index contributed by atoms with van der Waals surface area (Å²) in [6, 6.07) is 3.73. The quantitative estimate of drug-likeness (QED) is 0.722. The highest BCUT2D eigenvalue weighted by Gasteiger charge is 2.08. The van der Waals surface area contributed by atoms with E-state index in [4.69, 9.17) is 4.74 Å². The van der Waals surface area contributed by atoms with Crippen LogP contribution in [0.25, 0.3) is 0 Å². The Labute approximate surface area is 136 Å². The van der Waals surface area contributed by atoms with Gasteiger partial charge in [0.05, 0.1) is 23.8 Å². The highest BCUT2D eigenvalue weighted by Crippen LogP contribution is 2.34. The molecule has 1 amide bonds. The van der Waals surface area contributed by atoms with Crippen LogP contribution < -0.4 is 15.4 Å². The summed E-state index contributed by atoms with van der Waals surface area (Å²) in [6.45, 7) is 5.22. The number of amides is 1. The average Bonchev–Trinajstić information content (AvgIpc) is 2.37. The van der Waals surface area contributed by atoms with Gasteiger partial charge in [0.15, 0.2) is 0 Å². The van der Waals surface area contributed by atoms with E-state index in [9.17, 15) is 4.79 Å². The van der Waals surface area contributed by atoms with Crippen molar-refractivity contribution in [1.29, 1.82) is 0 Å². The van der Waals surface area contributed by atoms with Crippen LogP contribution in [0.3, 0.4) is 0 Å². The molecule has 0 heterocycles. The van der Waals surface area contributed by atoms with Crippen LogP contribution in [0, 0.1) is 5.92 Å². The van der Waals surface area contributed by atoms with Gasteiger partial charge in [0.25, 0.3) is 0 Å². The first-order valence-electron chi connectivity index (χ1n) is 6.47. The molecule has 1 rings (SSSR count). The van der Waals surface area contributed by atoms with Crippen LogP contribution in [0.5, 0.6) is 5.75 Å². The van der Waals surface area contributed by atoms with E-state index in [1.807, 2.05) is 12.1 Å². The number of ether oxygens (including phenoxy) is 1. The zero-order valence-corrected chi connectivity index (χ0v) is 15.1. The molecule has 0 aliphatic carbocycles. The van der Waals surface area contributed by atoms with Gasteiger partial charge < -0.3 is 15.4 Å². The zero-order chi connectivity index (χ0) is 15.1. The third-order valence-corrected chi connectivity index (χ3v) is 4.00. The summed E-state index contributed by atoms with van der Waals surface area (Å²) >= 11 is 6.86. The molecular formula is C14H20Br2N2O2. The third kappa shape index (κ3) is 5.71. The van der Waals surface area contributed by atoms with Gasteiger partial charge in [-0.2, -0.15) is 0 Å². The largest absolute Gasteiger partial charge is 0.495 e. The lowest BCUT2D eigenvalue weighted by molar-refractivity contribution is -0.119. The molecule has 0 unspecified atom stereocenters. The van der Waals surface area contributed by atoms with Crippen LogP contribution >= 0.6 is 31.9 Å². The Balaban J connectivity index is 2.51. The van der Waals surface area contributed by atoms with Gasteiger partial charge in [0.2, 0.25) is 5.91 Å². The van der Waals surface area contributed by atoms with Crippen molar-refractivity contribution < 1.29 is 9.53 Å². The van der Waals surface area contributed by atoms with E-state index in [2.05, 4.69) is 56.3 Å². The fraction of sp³-hybridized carbons (Fsp3) is 0.500. The van der Waals surface area contributed by atoms with Crippen molar-refractivity contribution in [1.82, 2.24) is 5.32 Å². The van der Waals surface area contributed by atoms with E-state index in [1.54, 1.807) is 7.11 Å². The number of hydrogen-bond donors (Lipinski definition) is 2. The lowest BCUT2D eigenvalue weighted by Crippen LogP contribution is -2.31. The molecule has 0 fully saturated rings. The first kappa shape index (κ1) is 17.3. The minimum atomic E-state index is -0.0144. The molecule has 20 heavy (non-hydrogen) atoms. The third-order valence-electron chi connectivity index (χ3n) is 2.72. The molecule has 6 heteroatoms. The maximum atomic E-state index is 11.7. The number of hydrogen-bond acceptors (Lipinski definition) is 3. The second-order valence-electron chi connectivity index (χ2n) is 4.85. The predicted octanol–water partition coefficient (Wildman–Crippen LogP) is 3.79. The summed E-state index contributed by atoms with van der Waals surface area (Å²) in [5.41, 5.74) is 0.823. The molecular weight excluding hydrogens is 388 g/mol. The molecule has 0 aromatic heterocycles. The topological polar surface area (TPSA) is 50.4 Å². The van der Waals surface area contributed by atoms with E-state index in [0.717, 1.165) is 26.8 Å². The van der Waals surface area contributed by atoms with Gasteiger partial charge in [-0.1, -0.05) is 13.8 Å². The van der Waals surface area contributed by atoms with Gasteiger partial charge in [-0.15, -0.1) is 0 Å². The van der Waals surface area contributed by atoms with E-state index < -0.39 is 0 Å². The Hall–Kier alpha value is -0.750. The lowest BCUT2D eigenvalue weighted by atomic mass is 10.1. The van der Waals surface area contributed by atoms with E-state index >= 15 is 0 Å². The molecule has 2 N–H and O–H groups in total.